The first-order valence-corrected chi connectivity index (χ1v) is 6.10. The first-order chi connectivity index (χ1) is 8.60. The van der Waals surface area contributed by atoms with E-state index in [1.54, 1.807) is 4.68 Å². The molecule has 2 aromatic rings. The highest BCUT2D eigenvalue weighted by Gasteiger charge is 2.17. The summed E-state index contributed by atoms with van der Waals surface area (Å²) in [4.78, 5) is 4.37. The average molecular weight is 249 g/mol. The Labute approximate surface area is 106 Å². The molecule has 0 aliphatic carbocycles. The van der Waals surface area contributed by atoms with Gasteiger partial charge in [0.25, 0.3) is 0 Å². The highest BCUT2D eigenvalue weighted by Crippen LogP contribution is 2.14. The molecule has 0 aliphatic heterocycles. The summed E-state index contributed by atoms with van der Waals surface area (Å²) in [5, 5.41) is 11.5. The second-order valence-corrected chi connectivity index (χ2v) is 4.73. The SMILES string of the molecule is CNC(Cc1nc(-c2ccn(C)n2)no1)C(C)C. The molecule has 18 heavy (non-hydrogen) atoms. The second kappa shape index (κ2) is 5.30. The molecule has 0 spiro atoms. The van der Waals surface area contributed by atoms with Crippen LogP contribution in [0.25, 0.3) is 11.5 Å². The van der Waals surface area contributed by atoms with Crippen molar-refractivity contribution in [1.29, 1.82) is 0 Å². The lowest BCUT2D eigenvalue weighted by Crippen LogP contribution is -2.32. The predicted octanol–water partition coefficient (Wildman–Crippen LogP) is 1.26. The molecule has 2 rings (SSSR count). The maximum Gasteiger partial charge on any atom is 0.228 e. The third-order valence-corrected chi connectivity index (χ3v) is 2.98. The molecule has 2 aromatic heterocycles. The molecule has 0 saturated heterocycles. The maximum atomic E-state index is 5.26. The summed E-state index contributed by atoms with van der Waals surface area (Å²) in [5.41, 5.74) is 0.734. The van der Waals surface area contributed by atoms with E-state index in [4.69, 9.17) is 4.52 Å². The van der Waals surface area contributed by atoms with Gasteiger partial charge in [0.15, 0.2) is 0 Å². The average Bonchev–Trinajstić information content (AvgIpc) is 2.94. The van der Waals surface area contributed by atoms with Crippen LogP contribution in [0.2, 0.25) is 0 Å². The highest BCUT2D eigenvalue weighted by molar-refractivity contribution is 5.46. The minimum Gasteiger partial charge on any atom is -0.339 e. The number of hydrogen-bond acceptors (Lipinski definition) is 5. The topological polar surface area (TPSA) is 68.8 Å². The minimum atomic E-state index is 0.335. The molecule has 2 heterocycles. The molecule has 0 radical (unpaired) electrons. The molecule has 1 N–H and O–H groups in total. The van der Waals surface area contributed by atoms with Crippen LogP contribution in [0.4, 0.5) is 0 Å². The van der Waals surface area contributed by atoms with Gasteiger partial charge in [-0.1, -0.05) is 19.0 Å². The Bertz CT molecular complexity index is 502. The van der Waals surface area contributed by atoms with E-state index in [0.717, 1.165) is 12.1 Å². The number of rotatable bonds is 5. The monoisotopic (exact) mass is 249 g/mol. The lowest BCUT2D eigenvalue weighted by Gasteiger charge is -2.17. The summed E-state index contributed by atoms with van der Waals surface area (Å²) in [6.07, 6.45) is 2.59. The van der Waals surface area contributed by atoms with Gasteiger partial charge in [0, 0.05) is 25.7 Å². The summed E-state index contributed by atoms with van der Waals surface area (Å²) in [5.74, 6) is 1.70. The Kier molecular flexibility index (Phi) is 3.76. The molecule has 6 heteroatoms. The summed E-state index contributed by atoms with van der Waals surface area (Å²) in [6.45, 7) is 4.33. The van der Waals surface area contributed by atoms with Crippen LogP contribution in [0.3, 0.4) is 0 Å². The van der Waals surface area contributed by atoms with E-state index < -0.39 is 0 Å². The molecule has 0 saturated carbocycles. The Balaban J connectivity index is 2.11. The number of hydrogen-bond donors (Lipinski definition) is 1. The van der Waals surface area contributed by atoms with Crippen LogP contribution in [0.5, 0.6) is 0 Å². The van der Waals surface area contributed by atoms with Gasteiger partial charge in [0.05, 0.1) is 0 Å². The Morgan fingerprint density at radius 2 is 2.22 bits per heavy atom. The molecule has 1 atom stereocenters. The van der Waals surface area contributed by atoms with Gasteiger partial charge in [0.2, 0.25) is 11.7 Å². The van der Waals surface area contributed by atoms with Gasteiger partial charge in [-0.3, -0.25) is 4.68 Å². The number of aromatic nitrogens is 4. The van der Waals surface area contributed by atoms with Crippen molar-refractivity contribution in [3.05, 3.63) is 18.2 Å². The van der Waals surface area contributed by atoms with Gasteiger partial charge in [-0.25, -0.2) is 0 Å². The van der Waals surface area contributed by atoms with Crippen LogP contribution in [-0.2, 0) is 13.5 Å². The lowest BCUT2D eigenvalue weighted by molar-refractivity contribution is 0.335. The largest absolute Gasteiger partial charge is 0.339 e. The van der Waals surface area contributed by atoms with Crippen molar-refractivity contribution in [1.82, 2.24) is 25.2 Å². The standard InChI is InChI=1S/C12H19N5O/c1-8(2)10(13-3)7-11-14-12(16-18-11)9-5-6-17(4)15-9/h5-6,8,10,13H,7H2,1-4H3. The molecule has 0 amide bonds. The zero-order chi connectivity index (χ0) is 13.1. The van der Waals surface area contributed by atoms with Crippen LogP contribution < -0.4 is 5.32 Å². The second-order valence-electron chi connectivity index (χ2n) is 4.73. The van der Waals surface area contributed by atoms with Gasteiger partial charge in [-0.2, -0.15) is 10.1 Å². The fourth-order valence-electron chi connectivity index (χ4n) is 1.84. The van der Waals surface area contributed by atoms with E-state index in [-0.39, 0.29) is 0 Å². The lowest BCUT2D eigenvalue weighted by atomic mass is 10.0. The summed E-state index contributed by atoms with van der Waals surface area (Å²) in [7, 11) is 3.81. The first-order valence-electron chi connectivity index (χ1n) is 6.10. The van der Waals surface area contributed by atoms with E-state index in [1.165, 1.54) is 0 Å². The Morgan fingerprint density at radius 1 is 1.44 bits per heavy atom. The Hall–Kier alpha value is -1.69. The van der Waals surface area contributed by atoms with Crippen molar-refractivity contribution in [3.8, 4) is 11.5 Å². The third-order valence-electron chi connectivity index (χ3n) is 2.98. The van der Waals surface area contributed by atoms with Crippen molar-refractivity contribution < 1.29 is 4.52 Å². The molecule has 0 aromatic carbocycles. The van der Waals surface area contributed by atoms with Crippen LogP contribution in [0.1, 0.15) is 19.7 Å². The van der Waals surface area contributed by atoms with Crippen molar-refractivity contribution >= 4 is 0 Å². The van der Waals surface area contributed by atoms with Crippen molar-refractivity contribution in [3.63, 3.8) is 0 Å². The van der Waals surface area contributed by atoms with Gasteiger partial charge < -0.3 is 9.84 Å². The zero-order valence-corrected chi connectivity index (χ0v) is 11.2. The molecule has 0 bridgehead atoms. The fourth-order valence-corrected chi connectivity index (χ4v) is 1.84. The van der Waals surface area contributed by atoms with Crippen molar-refractivity contribution in [2.24, 2.45) is 13.0 Å². The quantitative estimate of drug-likeness (QED) is 0.864. The number of nitrogens with zero attached hydrogens (tertiary/aromatic N) is 4. The molecule has 98 valence electrons. The smallest absolute Gasteiger partial charge is 0.228 e. The normalized spacial score (nSPS) is 13.2. The fraction of sp³-hybridized carbons (Fsp3) is 0.583. The molecular formula is C12H19N5O. The maximum absolute atomic E-state index is 5.26. The van der Waals surface area contributed by atoms with E-state index in [1.807, 2.05) is 26.4 Å². The molecule has 6 nitrogen and oxygen atoms in total. The summed E-state index contributed by atoms with van der Waals surface area (Å²) < 4.78 is 6.98. The van der Waals surface area contributed by atoms with Crippen molar-refractivity contribution in [2.75, 3.05) is 7.05 Å². The third kappa shape index (κ3) is 2.76. The van der Waals surface area contributed by atoms with E-state index in [2.05, 4.69) is 34.4 Å². The van der Waals surface area contributed by atoms with Crippen LogP contribution in [-0.4, -0.2) is 33.0 Å². The van der Waals surface area contributed by atoms with Gasteiger partial charge in [-0.15, -0.1) is 0 Å². The van der Waals surface area contributed by atoms with E-state index in [9.17, 15) is 0 Å². The van der Waals surface area contributed by atoms with Crippen LogP contribution >= 0.6 is 0 Å². The zero-order valence-electron chi connectivity index (χ0n) is 11.2. The summed E-state index contributed by atoms with van der Waals surface area (Å²) in [6, 6.07) is 2.20. The number of nitrogens with one attached hydrogen (secondary N) is 1. The highest BCUT2D eigenvalue weighted by atomic mass is 16.5. The van der Waals surface area contributed by atoms with Crippen LogP contribution in [0, 0.1) is 5.92 Å². The van der Waals surface area contributed by atoms with Crippen molar-refractivity contribution in [2.45, 2.75) is 26.3 Å². The van der Waals surface area contributed by atoms with E-state index in [0.29, 0.717) is 23.7 Å². The Morgan fingerprint density at radius 3 is 2.78 bits per heavy atom. The van der Waals surface area contributed by atoms with Gasteiger partial charge in [0.1, 0.15) is 5.69 Å². The van der Waals surface area contributed by atoms with Gasteiger partial charge >= 0.3 is 0 Å². The number of likely N-dealkylation sites (N-methyl/N-ethyl adjacent to an activating group) is 1. The van der Waals surface area contributed by atoms with E-state index >= 15 is 0 Å². The van der Waals surface area contributed by atoms with Crippen LogP contribution in [0.15, 0.2) is 16.8 Å². The molecular weight excluding hydrogens is 230 g/mol. The summed E-state index contributed by atoms with van der Waals surface area (Å²) >= 11 is 0. The minimum absolute atomic E-state index is 0.335. The molecule has 0 fully saturated rings. The molecule has 0 aliphatic rings. The molecule has 1 unspecified atom stereocenters. The first kappa shape index (κ1) is 12.8. The van der Waals surface area contributed by atoms with Gasteiger partial charge in [-0.05, 0) is 19.0 Å². The number of aryl methyl sites for hydroxylation is 1. The predicted molar refractivity (Wildman–Crippen MR) is 67.9 cm³/mol.